The summed E-state index contributed by atoms with van der Waals surface area (Å²) in [4.78, 5) is 36.0. The molecule has 0 bridgehead atoms. The summed E-state index contributed by atoms with van der Waals surface area (Å²) in [6.07, 6.45) is 0.528. The summed E-state index contributed by atoms with van der Waals surface area (Å²) in [6, 6.07) is 6.66. The summed E-state index contributed by atoms with van der Waals surface area (Å²) in [5.41, 5.74) is 4.70. The summed E-state index contributed by atoms with van der Waals surface area (Å²) in [7, 11) is 1.55. The van der Waals surface area contributed by atoms with E-state index in [9.17, 15) is 14.4 Å². The summed E-state index contributed by atoms with van der Waals surface area (Å²) >= 11 is 0. The van der Waals surface area contributed by atoms with Gasteiger partial charge >= 0.3 is 5.69 Å². The van der Waals surface area contributed by atoms with E-state index < -0.39 is 11.6 Å². The molecule has 0 unspecified atom stereocenters. The molecule has 1 amide bonds. The van der Waals surface area contributed by atoms with Crippen LogP contribution in [0, 0.1) is 0 Å². The van der Waals surface area contributed by atoms with Crippen molar-refractivity contribution in [2.24, 2.45) is 5.73 Å². The van der Waals surface area contributed by atoms with E-state index in [1.165, 1.54) is 4.57 Å². The molecule has 2 aromatic rings. The molecule has 0 fully saturated rings. The molecule has 0 aliphatic rings. The average molecular weight is 291 g/mol. The van der Waals surface area contributed by atoms with E-state index in [-0.39, 0.29) is 18.6 Å². The number of benzene rings is 1. The molecule has 0 atom stereocenters. The van der Waals surface area contributed by atoms with Crippen molar-refractivity contribution in [3.05, 3.63) is 45.1 Å². The van der Waals surface area contributed by atoms with Gasteiger partial charge in [0.2, 0.25) is 5.91 Å². The number of para-hydroxylation sites is 1. The van der Waals surface area contributed by atoms with Crippen LogP contribution in [0.1, 0.15) is 6.42 Å². The number of nitrogens with zero attached hydrogens (tertiary/aromatic N) is 2. The fourth-order valence-electron chi connectivity index (χ4n) is 2.24. The molecule has 2 rings (SSSR count). The van der Waals surface area contributed by atoms with Crippen LogP contribution in [0.5, 0.6) is 0 Å². The minimum atomic E-state index is -0.635. The van der Waals surface area contributed by atoms with E-state index in [1.807, 2.05) is 0 Å². The molecule has 2 N–H and O–H groups in total. The first-order valence-electron chi connectivity index (χ1n) is 6.56. The van der Waals surface area contributed by atoms with E-state index in [4.69, 9.17) is 10.5 Å². The van der Waals surface area contributed by atoms with Crippen molar-refractivity contribution in [2.75, 3.05) is 13.7 Å². The van der Waals surface area contributed by atoms with Gasteiger partial charge in [-0.1, -0.05) is 12.1 Å². The smallest absolute Gasteiger partial charge is 0.331 e. The van der Waals surface area contributed by atoms with Gasteiger partial charge in [-0.15, -0.1) is 0 Å². The highest BCUT2D eigenvalue weighted by atomic mass is 16.5. The van der Waals surface area contributed by atoms with Crippen LogP contribution in [0.25, 0.3) is 10.9 Å². The highest BCUT2D eigenvalue weighted by molar-refractivity contribution is 5.80. The molecule has 1 aromatic heterocycles. The Balaban J connectivity index is 2.66. The zero-order valence-electron chi connectivity index (χ0n) is 11.7. The van der Waals surface area contributed by atoms with Crippen LogP contribution in [0.2, 0.25) is 0 Å². The molecule has 7 nitrogen and oxygen atoms in total. The number of hydrogen-bond donors (Lipinski definition) is 1. The van der Waals surface area contributed by atoms with Crippen LogP contribution in [-0.2, 0) is 22.6 Å². The Hall–Kier alpha value is -2.41. The molecule has 1 aromatic carbocycles. The number of ether oxygens (including phenoxy) is 1. The molecule has 7 heteroatoms. The lowest BCUT2D eigenvalue weighted by atomic mass is 10.2. The van der Waals surface area contributed by atoms with Crippen LogP contribution in [0.4, 0.5) is 0 Å². The van der Waals surface area contributed by atoms with Crippen molar-refractivity contribution in [3.63, 3.8) is 0 Å². The van der Waals surface area contributed by atoms with E-state index in [0.29, 0.717) is 23.9 Å². The summed E-state index contributed by atoms with van der Waals surface area (Å²) in [5.74, 6) is -0.635. The monoisotopic (exact) mass is 291 g/mol. The number of aromatic nitrogens is 2. The SMILES string of the molecule is COCCCn1c(=O)c2ccccc2n(CC(N)=O)c1=O. The van der Waals surface area contributed by atoms with Crippen LogP contribution >= 0.6 is 0 Å². The molecular weight excluding hydrogens is 274 g/mol. The van der Waals surface area contributed by atoms with Gasteiger partial charge in [-0.25, -0.2) is 4.79 Å². The normalized spacial score (nSPS) is 10.9. The molecule has 112 valence electrons. The van der Waals surface area contributed by atoms with Crippen molar-refractivity contribution < 1.29 is 9.53 Å². The van der Waals surface area contributed by atoms with E-state index >= 15 is 0 Å². The zero-order valence-corrected chi connectivity index (χ0v) is 11.7. The molecule has 0 spiro atoms. The van der Waals surface area contributed by atoms with Gasteiger partial charge in [0.05, 0.1) is 10.9 Å². The van der Waals surface area contributed by atoms with Gasteiger partial charge in [0.25, 0.3) is 5.56 Å². The van der Waals surface area contributed by atoms with E-state index in [2.05, 4.69) is 0 Å². The third-order valence-corrected chi connectivity index (χ3v) is 3.18. The lowest BCUT2D eigenvalue weighted by Gasteiger charge is -2.12. The van der Waals surface area contributed by atoms with Gasteiger partial charge in [0.1, 0.15) is 6.54 Å². The number of nitrogens with two attached hydrogens (primary N) is 1. The van der Waals surface area contributed by atoms with Crippen LogP contribution < -0.4 is 17.0 Å². The third-order valence-electron chi connectivity index (χ3n) is 3.18. The number of carbonyl (C=O) groups excluding carboxylic acids is 1. The Labute approximate surface area is 120 Å². The maximum atomic E-state index is 12.4. The maximum Gasteiger partial charge on any atom is 0.331 e. The van der Waals surface area contributed by atoms with Crippen LogP contribution in [0.3, 0.4) is 0 Å². The molecule has 0 aliphatic carbocycles. The number of hydrogen-bond acceptors (Lipinski definition) is 4. The standard InChI is InChI=1S/C14H17N3O4/c1-21-8-4-7-16-13(19)10-5-2-3-6-11(10)17(14(16)20)9-12(15)18/h2-3,5-6H,4,7-9H2,1H3,(H2,15,18). The van der Waals surface area contributed by atoms with Gasteiger partial charge in [0, 0.05) is 20.3 Å². The largest absolute Gasteiger partial charge is 0.385 e. The first-order chi connectivity index (χ1) is 10.1. The Morgan fingerprint density at radius 1 is 1.24 bits per heavy atom. The Kier molecular flexibility index (Phi) is 4.54. The lowest BCUT2D eigenvalue weighted by Crippen LogP contribution is -2.42. The second-order valence-electron chi connectivity index (χ2n) is 4.66. The average Bonchev–Trinajstić information content (AvgIpc) is 2.47. The quantitative estimate of drug-likeness (QED) is 0.738. The van der Waals surface area contributed by atoms with Crippen molar-refractivity contribution in [3.8, 4) is 0 Å². The highest BCUT2D eigenvalue weighted by Crippen LogP contribution is 2.07. The van der Waals surface area contributed by atoms with Crippen molar-refractivity contribution in [2.45, 2.75) is 19.5 Å². The topological polar surface area (TPSA) is 96.3 Å². The van der Waals surface area contributed by atoms with Crippen molar-refractivity contribution in [1.82, 2.24) is 9.13 Å². The number of amides is 1. The van der Waals surface area contributed by atoms with Gasteiger partial charge in [-0.3, -0.25) is 18.7 Å². The Morgan fingerprint density at radius 2 is 1.95 bits per heavy atom. The highest BCUT2D eigenvalue weighted by Gasteiger charge is 2.13. The van der Waals surface area contributed by atoms with Crippen LogP contribution in [-0.4, -0.2) is 28.8 Å². The molecule has 0 aliphatic heterocycles. The van der Waals surface area contributed by atoms with Gasteiger partial charge in [-0.05, 0) is 18.6 Å². The number of methoxy groups -OCH3 is 1. The Morgan fingerprint density at radius 3 is 2.62 bits per heavy atom. The summed E-state index contributed by atoms with van der Waals surface area (Å²) in [5, 5.41) is 0.385. The molecule has 0 saturated carbocycles. The molecular formula is C14H17N3O4. The van der Waals surface area contributed by atoms with E-state index in [0.717, 1.165) is 4.57 Å². The van der Waals surface area contributed by atoms with Crippen LogP contribution in [0.15, 0.2) is 33.9 Å². The molecule has 1 heterocycles. The fraction of sp³-hybridized carbons (Fsp3) is 0.357. The second kappa shape index (κ2) is 6.36. The molecule has 21 heavy (non-hydrogen) atoms. The first-order valence-corrected chi connectivity index (χ1v) is 6.56. The molecule has 0 radical (unpaired) electrons. The minimum absolute atomic E-state index is 0.231. The number of carbonyl (C=O) groups is 1. The Bertz CT molecular complexity index is 776. The van der Waals surface area contributed by atoms with Gasteiger partial charge < -0.3 is 10.5 Å². The fourth-order valence-corrected chi connectivity index (χ4v) is 2.24. The first kappa shape index (κ1) is 15.0. The second-order valence-corrected chi connectivity index (χ2v) is 4.66. The summed E-state index contributed by atoms with van der Waals surface area (Å²) in [6.45, 7) is 0.410. The number of rotatable bonds is 6. The van der Waals surface area contributed by atoms with Gasteiger partial charge in [-0.2, -0.15) is 0 Å². The third kappa shape index (κ3) is 3.03. The van der Waals surface area contributed by atoms with Crippen molar-refractivity contribution >= 4 is 16.8 Å². The van der Waals surface area contributed by atoms with E-state index in [1.54, 1.807) is 31.4 Å². The predicted octanol–water partition coefficient (Wildman–Crippen LogP) is -0.315. The lowest BCUT2D eigenvalue weighted by molar-refractivity contribution is -0.118. The number of fused-ring (bicyclic) bond motifs is 1. The maximum absolute atomic E-state index is 12.4. The predicted molar refractivity (Wildman–Crippen MR) is 78.2 cm³/mol. The zero-order chi connectivity index (χ0) is 15.4. The minimum Gasteiger partial charge on any atom is -0.385 e. The molecule has 0 saturated heterocycles. The number of primary amides is 1. The van der Waals surface area contributed by atoms with Crippen molar-refractivity contribution in [1.29, 1.82) is 0 Å². The van der Waals surface area contributed by atoms with Gasteiger partial charge in [0.15, 0.2) is 0 Å². The summed E-state index contributed by atoms with van der Waals surface area (Å²) < 4.78 is 7.27.